The van der Waals surface area contributed by atoms with Crippen molar-refractivity contribution >= 4 is 31.4 Å². The molecule has 0 saturated carbocycles. The maximum absolute atomic E-state index is 13.3. The van der Waals surface area contributed by atoms with E-state index in [1.54, 1.807) is 36.4 Å². The summed E-state index contributed by atoms with van der Waals surface area (Å²) in [4.78, 5) is 4.36. The third-order valence-electron chi connectivity index (χ3n) is 4.94. The highest BCUT2D eigenvalue weighted by molar-refractivity contribution is 7.90. The highest BCUT2D eigenvalue weighted by atomic mass is 32.2. The summed E-state index contributed by atoms with van der Waals surface area (Å²) < 4.78 is 61.6. The molecule has 0 amide bonds. The minimum absolute atomic E-state index is 0.123. The van der Waals surface area contributed by atoms with Crippen LogP contribution in [-0.4, -0.2) is 47.2 Å². The quantitative estimate of drug-likeness (QED) is 0.632. The first-order valence-corrected chi connectivity index (χ1v) is 11.6. The van der Waals surface area contributed by atoms with Crippen molar-refractivity contribution in [2.75, 3.05) is 6.54 Å². The van der Waals surface area contributed by atoms with Gasteiger partial charge in [-0.15, -0.1) is 0 Å². The highest BCUT2D eigenvalue weighted by Gasteiger charge is 2.35. The lowest BCUT2D eigenvalue weighted by Crippen LogP contribution is -2.36. The number of fused-ring (bicyclic) bond motifs is 1. The number of benzene rings is 1. The van der Waals surface area contributed by atoms with Gasteiger partial charge >= 0.3 is 10.3 Å². The van der Waals surface area contributed by atoms with Crippen LogP contribution in [0, 0.1) is 0 Å². The van der Waals surface area contributed by atoms with E-state index in [1.807, 2.05) is 0 Å². The minimum Gasteiger partial charge on any atom is -0.273 e. The van der Waals surface area contributed by atoms with E-state index in [0.717, 1.165) is 4.31 Å². The standard InChI is InChI=1S/C18H19N3O5S2/c22-27(23,17-8-2-1-3-9-17)21-16(12-14-6-4-10-19-18(14)21)13-15-7-5-11-20(15)28(24,25)26/h1-4,6,8-10,12,15H,5,7,11,13H2,(H,24,25,26)/t15-/m1/s1. The van der Waals surface area contributed by atoms with Crippen LogP contribution in [0.15, 0.2) is 59.6 Å². The molecule has 1 aliphatic rings. The van der Waals surface area contributed by atoms with E-state index in [-0.39, 0.29) is 23.5 Å². The van der Waals surface area contributed by atoms with Crippen molar-refractivity contribution in [1.29, 1.82) is 0 Å². The summed E-state index contributed by atoms with van der Waals surface area (Å²) >= 11 is 0. The Morgan fingerprint density at radius 2 is 1.82 bits per heavy atom. The Hall–Kier alpha value is -2.27. The predicted molar refractivity (Wildman–Crippen MR) is 104 cm³/mol. The van der Waals surface area contributed by atoms with Gasteiger partial charge < -0.3 is 0 Å². The lowest BCUT2D eigenvalue weighted by Gasteiger charge is -2.21. The van der Waals surface area contributed by atoms with Crippen LogP contribution in [0.3, 0.4) is 0 Å². The van der Waals surface area contributed by atoms with E-state index in [4.69, 9.17) is 0 Å². The van der Waals surface area contributed by atoms with Gasteiger partial charge in [-0.1, -0.05) is 18.2 Å². The van der Waals surface area contributed by atoms with E-state index in [9.17, 15) is 21.4 Å². The lowest BCUT2D eigenvalue weighted by atomic mass is 10.1. The molecule has 4 rings (SSSR count). The van der Waals surface area contributed by atoms with Crippen LogP contribution >= 0.6 is 0 Å². The maximum Gasteiger partial charge on any atom is 0.336 e. The molecular weight excluding hydrogens is 402 g/mol. The molecule has 1 aromatic carbocycles. The highest BCUT2D eigenvalue weighted by Crippen LogP contribution is 2.29. The molecule has 1 saturated heterocycles. The smallest absolute Gasteiger partial charge is 0.273 e. The molecule has 1 fully saturated rings. The van der Waals surface area contributed by atoms with Crippen LogP contribution < -0.4 is 0 Å². The van der Waals surface area contributed by atoms with Gasteiger partial charge in [0.1, 0.15) is 0 Å². The summed E-state index contributed by atoms with van der Waals surface area (Å²) in [5, 5.41) is 0.647. The van der Waals surface area contributed by atoms with Crippen LogP contribution in [0.2, 0.25) is 0 Å². The number of nitrogens with zero attached hydrogens (tertiary/aromatic N) is 3. The monoisotopic (exact) mass is 421 g/mol. The molecule has 0 aliphatic carbocycles. The van der Waals surface area contributed by atoms with Crippen molar-refractivity contribution in [3.05, 3.63) is 60.4 Å². The molecule has 0 radical (unpaired) electrons. The van der Waals surface area contributed by atoms with Gasteiger partial charge in [-0.05, 0) is 43.2 Å². The summed E-state index contributed by atoms with van der Waals surface area (Å²) in [7, 11) is -8.27. The average Bonchev–Trinajstić information content (AvgIpc) is 3.26. The van der Waals surface area contributed by atoms with E-state index < -0.39 is 26.4 Å². The Kier molecular flexibility index (Phi) is 4.74. The molecule has 8 nitrogen and oxygen atoms in total. The van der Waals surface area contributed by atoms with Crippen molar-refractivity contribution in [2.24, 2.45) is 0 Å². The molecule has 1 aliphatic heterocycles. The van der Waals surface area contributed by atoms with Gasteiger partial charge in [0.2, 0.25) is 0 Å². The van der Waals surface area contributed by atoms with Gasteiger partial charge in [0.15, 0.2) is 5.65 Å². The summed E-state index contributed by atoms with van der Waals surface area (Å²) in [6, 6.07) is 12.7. The summed E-state index contributed by atoms with van der Waals surface area (Å²) in [5.41, 5.74) is 0.718. The largest absolute Gasteiger partial charge is 0.336 e. The summed E-state index contributed by atoms with van der Waals surface area (Å²) in [6.45, 7) is 0.216. The topological polar surface area (TPSA) is 110 Å². The van der Waals surface area contributed by atoms with Crippen LogP contribution in [0.1, 0.15) is 18.5 Å². The van der Waals surface area contributed by atoms with Crippen LogP contribution in [0.5, 0.6) is 0 Å². The first-order valence-electron chi connectivity index (χ1n) is 8.79. The second-order valence-electron chi connectivity index (χ2n) is 6.72. The zero-order valence-corrected chi connectivity index (χ0v) is 16.5. The Morgan fingerprint density at radius 3 is 2.54 bits per heavy atom. The minimum atomic E-state index is -4.34. The van der Waals surface area contributed by atoms with Gasteiger partial charge in [-0.3, -0.25) is 4.55 Å². The number of pyridine rings is 1. The number of hydrogen-bond acceptors (Lipinski definition) is 5. The molecular formula is C18H19N3O5S2. The molecule has 3 heterocycles. The molecule has 10 heteroatoms. The number of rotatable bonds is 5. The fraction of sp³-hybridized carbons (Fsp3) is 0.278. The SMILES string of the molecule is O=S(=O)(O)N1CCC[C@@H]1Cc1cc2cccnc2n1S(=O)(=O)c1ccccc1. The molecule has 0 unspecified atom stereocenters. The first-order chi connectivity index (χ1) is 13.3. The van der Waals surface area contributed by atoms with Crippen molar-refractivity contribution < 1.29 is 21.4 Å². The Morgan fingerprint density at radius 1 is 1.07 bits per heavy atom. The molecule has 148 valence electrons. The molecule has 0 bridgehead atoms. The van der Waals surface area contributed by atoms with Crippen LogP contribution in [0.25, 0.3) is 11.0 Å². The molecule has 28 heavy (non-hydrogen) atoms. The van der Waals surface area contributed by atoms with Gasteiger partial charge in [-0.2, -0.15) is 12.7 Å². The van der Waals surface area contributed by atoms with Crippen molar-refractivity contribution in [2.45, 2.75) is 30.2 Å². The van der Waals surface area contributed by atoms with Crippen LogP contribution in [0.4, 0.5) is 0 Å². The van der Waals surface area contributed by atoms with Crippen LogP contribution in [-0.2, 0) is 26.7 Å². The van der Waals surface area contributed by atoms with Crippen molar-refractivity contribution in [3.63, 3.8) is 0 Å². The maximum atomic E-state index is 13.3. The van der Waals surface area contributed by atoms with Gasteiger partial charge in [0.25, 0.3) is 10.0 Å². The Labute approximate surface area is 163 Å². The fourth-order valence-corrected chi connectivity index (χ4v) is 6.18. The molecule has 2 aromatic heterocycles. The van der Waals surface area contributed by atoms with E-state index in [1.165, 1.54) is 22.3 Å². The molecule has 0 spiro atoms. The second kappa shape index (κ2) is 6.96. The fourth-order valence-electron chi connectivity index (χ4n) is 3.73. The normalized spacial score (nSPS) is 18.7. The first kappa shape index (κ1) is 19.1. The van der Waals surface area contributed by atoms with Crippen molar-refractivity contribution in [3.8, 4) is 0 Å². The van der Waals surface area contributed by atoms with E-state index in [2.05, 4.69) is 4.98 Å². The summed E-state index contributed by atoms with van der Waals surface area (Å²) in [5.74, 6) is 0. The van der Waals surface area contributed by atoms with E-state index >= 15 is 0 Å². The average molecular weight is 422 g/mol. The Balaban J connectivity index is 1.85. The van der Waals surface area contributed by atoms with Crippen molar-refractivity contribution in [1.82, 2.24) is 13.3 Å². The number of aromatic nitrogens is 2. The molecule has 1 N–H and O–H groups in total. The molecule has 1 atom stereocenters. The Bertz CT molecular complexity index is 1220. The molecule has 3 aromatic rings. The third-order valence-corrected chi connectivity index (χ3v) is 7.77. The number of hydrogen-bond donors (Lipinski definition) is 1. The van der Waals surface area contributed by atoms with E-state index in [0.29, 0.717) is 23.9 Å². The third kappa shape index (κ3) is 3.32. The van der Waals surface area contributed by atoms with Gasteiger partial charge in [0, 0.05) is 36.3 Å². The lowest BCUT2D eigenvalue weighted by molar-refractivity contribution is 0.333. The zero-order valence-electron chi connectivity index (χ0n) is 14.8. The summed E-state index contributed by atoms with van der Waals surface area (Å²) in [6.07, 6.45) is 2.82. The zero-order chi connectivity index (χ0) is 19.9. The van der Waals surface area contributed by atoms with Gasteiger partial charge in [-0.25, -0.2) is 17.4 Å². The second-order valence-corrected chi connectivity index (χ2v) is 9.87. The predicted octanol–water partition coefficient (Wildman–Crippen LogP) is 2.08. The van der Waals surface area contributed by atoms with Gasteiger partial charge in [0.05, 0.1) is 4.90 Å².